The molecule has 0 radical (unpaired) electrons. The second-order valence-electron chi connectivity index (χ2n) is 6.88. The molecule has 1 N–H and O–H groups in total. The molecule has 0 bridgehead atoms. The van der Waals surface area contributed by atoms with Gasteiger partial charge in [0, 0.05) is 25.2 Å². The van der Waals surface area contributed by atoms with Gasteiger partial charge in [-0.3, -0.25) is 4.98 Å². The van der Waals surface area contributed by atoms with Crippen molar-refractivity contribution in [2.45, 2.75) is 52.5 Å². The number of rotatable bonds is 9. The number of carboxylic acid groups (broad SMARTS) is 1. The second kappa shape index (κ2) is 9.26. The number of unbranched alkanes of at least 4 members (excludes halogenated alkanes) is 1. The minimum absolute atomic E-state index is 0.206. The fraction of sp³-hybridized carbons (Fsp3) is 0.364. The van der Waals surface area contributed by atoms with Crippen LogP contribution in [0.3, 0.4) is 0 Å². The van der Waals surface area contributed by atoms with Gasteiger partial charge in [0.05, 0.1) is 12.1 Å². The maximum Gasteiger partial charge on any atom is 0.337 e. The lowest BCUT2D eigenvalue weighted by Gasteiger charge is -2.08. The maximum absolute atomic E-state index is 11.4. The molecule has 0 aliphatic heterocycles. The van der Waals surface area contributed by atoms with E-state index in [0.29, 0.717) is 12.1 Å². The van der Waals surface area contributed by atoms with Crippen molar-refractivity contribution in [1.29, 1.82) is 0 Å². The average molecular weight is 378 g/mol. The molecule has 0 aliphatic rings. The van der Waals surface area contributed by atoms with Crippen LogP contribution >= 0.6 is 0 Å². The smallest absolute Gasteiger partial charge is 0.337 e. The highest BCUT2D eigenvalue weighted by molar-refractivity contribution is 5.95. The summed E-state index contributed by atoms with van der Waals surface area (Å²) >= 11 is 0. The first-order chi connectivity index (χ1) is 13.6. The highest BCUT2D eigenvalue weighted by Crippen LogP contribution is 2.23. The van der Waals surface area contributed by atoms with E-state index in [9.17, 15) is 9.90 Å². The van der Waals surface area contributed by atoms with Crippen LogP contribution in [-0.4, -0.2) is 30.8 Å². The van der Waals surface area contributed by atoms with Gasteiger partial charge in [0.25, 0.3) is 0 Å². The van der Waals surface area contributed by atoms with E-state index in [4.69, 9.17) is 10.1 Å². The van der Waals surface area contributed by atoms with Crippen molar-refractivity contribution in [2.75, 3.05) is 0 Å². The first-order valence-corrected chi connectivity index (χ1v) is 9.81. The molecule has 0 fully saturated rings. The molecular weight excluding hydrogens is 352 g/mol. The van der Waals surface area contributed by atoms with Gasteiger partial charge in [0.15, 0.2) is 5.82 Å². The molecule has 2 heterocycles. The van der Waals surface area contributed by atoms with Crippen LogP contribution in [0.5, 0.6) is 0 Å². The first kappa shape index (κ1) is 19.7. The van der Waals surface area contributed by atoms with E-state index in [0.717, 1.165) is 54.9 Å². The molecule has 2 aromatic heterocycles. The molecule has 0 aliphatic carbocycles. The number of carboxylic acids is 1. The van der Waals surface area contributed by atoms with Gasteiger partial charge in [-0.05, 0) is 35.6 Å². The minimum atomic E-state index is -0.974. The first-order valence-electron chi connectivity index (χ1n) is 9.81. The SMILES string of the molecule is CCCCc1nc(CCC)n(Cc2ccc(-c3ccncc3C(=O)O)cc2)n1. The molecule has 28 heavy (non-hydrogen) atoms. The summed E-state index contributed by atoms with van der Waals surface area (Å²) in [4.78, 5) is 20.0. The minimum Gasteiger partial charge on any atom is -0.478 e. The molecule has 3 aromatic rings. The summed E-state index contributed by atoms with van der Waals surface area (Å²) in [5.41, 5.74) is 2.85. The number of aromatic nitrogens is 4. The largest absolute Gasteiger partial charge is 0.478 e. The van der Waals surface area contributed by atoms with Gasteiger partial charge in [0.2, 0.25) is 0 Å². The molecule has 6 nitrogen and oxygen atoms in total. The number of hydrogen-bond donors (Lipinski definition) is 1. The summed E-state index contributed by atoms with van der Waals surface area (Å²) in [5, 5.41) is 14.1. The van der Waals surface area contributed by atoms with Crippen LogP contribution in [0, 0.1) is 0 Å². The predicted molar refractivity (Wildman–Crippen MR) is 108 cm³/mol. The van der Waals surface area contributed by atoms with Crippen molar-refractivity contribution in [2.24, 2.45) is 0 Å². The fourth-order valence-electron chi connectivity index (χ4n) is 3.18. The molecule has 0 amide bonds. The van der Waals surface area contributed by atoms with Gasteiger partial charge in [-0.15, -0.1) is 0 Å². The van der Waals surface area contributed by atoms with Crippen LogP contribution in [-0.2, 0) is 19.4 Å². The van der Waals surface area contributed by atoms with Crippen molar-refractivity contribution < 1.29 is 9.90 Å². The molecule has 0 saturated heterocycles. The highest BCUT2D eigenvalue weighted by atomic mass is 16.4. The fourth-order valence-corrected chi connectivity index (χ4v) is 3.18. The van der Waals surface area contributed by atoms with Crippen LogP contribution in [0.15, 0.2) is 42.7 Å². The monoisotopic (exact) mass is 378 g/mol. The molecule has 146 valence electrons. The molecule has 0 atom stereocenters. The summed E-state index contributed by atoms with van der Waals surface area (Å²) in [6, 6.07) is 9.67. The summed E-state index contributed by atoms with van der Waals surface area (Å²) in [7, 11) is 0. The number of pyridine rings is 1. The van der Waals surface area contributed by atoms with E-state index in [1.54, 1.807) is 12.3 Å². The van der Waals surface area contributed by atoms with Crippen molar-refractivity contribution in [3.05, 3.63) is 65.5 Å². The van der Waals surface area contributed by atoms with Crippen LogP contribution in [0.4, 0.5) is 0 Å². The van der Waals surface area contributed by atoms with Crippen molar-refractivity contribution >= 4 is 5.97 Å². The van der Waals surface area contributed by atoms with Gasteiger partial charge in [-0.25, -0.2) is 14.5 Å². The Morgan fingerprint density at radius 2 is 1.86 bits per heavy atom. The third-order valence-electron chi connectivity index (χ3n) is 4.67. The number of aromatic carboxylic acids is 1. The van der Waals surface area contributed by atoms with E-state index in [1.807, 2.05) is 28.9 Å². The summed E-state index contributed by atoms with van der Waals surface area (Å²) in [5.74, 6) is 0.975. The van der Waals surface area contributed by atoms with Gasteiger partial charge >= 0.3 is 5.97 Å². The van der Waals surface area contributed by atoms with E-state index in [2.05, 4.69) is 18.8 Å². The number of benzene rings is 1. The van der Waals surface area contributed by atoms with Crippen LogP contribution < -0.4 is 0 Å². The Kier molecular flexibility index (Phi) is 6.53. The van der Waals surface area contributed by atoms with Crippen LogP contribution in [0.2, 0.25) is 0 Å². The van der Waals surface area contributed by atoms with Crippen molar-refractivity contribution in [3.8, 4) is 11.1 Å². The van der Waals surface area contributed by atoms with Gasteiger partial charge < -0.3 is 5.11 Å². The zero-order valence-electron chi connectivity index (χ0n) is 16.4. The van der Waals surface area contributed by atoms with Crippen molar-refractivity contribution in [3.63, 3.8) is 0 Å². The van der Waals surface area contributed by atoms with Gasteiger partial charge in [-0.1, -0.05) is 44.5 Å². The lowest BCUT2D eigenvalue weighted by molar-refractivity contribution is 0.0697. The Morgan fingerprint density at radius 1 is 1.07 bits per heavy atom. The quantitative estimate of drug-likeness (QED) is 0.597. The normalized spacial score (nSPS) is 10.9. The second-order valence-corrected chi connectivity index (χ2v) is 6.88. The Morgan fingerprint density at radius 3 is 2.54 bits per heavy atom. The molecule has 3 rings (SSSR count). The highest BCUT2D eigenvalue weighted by Gasteiger charge is 2.13. The molecule has 1 aromatic carbocycles. The third kappa shape index (κ3) is 4.63. The van der Waals surface area contributed by atoms with Crippen LogP contribution in [0.1, 0.15) is 60.7 Å². The summed E-state index contributed by atoms with van der Waals surface area (Å²) in [6.07, 6.45) is 8.09. The third-order valence-corrected chi connectivity index (χ3v) is 4.67. The molecule has 0 unspecified atom stereocenters. The zero-order valence-corrected chi connectivity index (χ0v) is 16.4. The Bertz CT molecular complexity index is 932. The number of carbonyl (C=O) groups is 1. The topological polar surface area (TPSA) is 80.9 Å². The van der Waals surface area contributed by atoms with E-state index in [-0.39, 0.29) is 5.56 Å². The van der Waals surface area contributed by atoms with E-state index >= 15 is 0 Å². The van der Waals surface area contributed by atoms with Gasteiger partial charge in [-0.2, -0.15) is 5.10 Å². The standard InChI is InChI=1S/C22H26N4O2/c1-3-5-7-20-24-21(6-4-2)26(25-20)15-16-8-10-17(11-9-16)18-12-13-23-14-19(18)22(27)28/h8-14H,3-7,15H2,1-2H3,(H,27,28). The molecular formula is C22H26N4O2. The lowest BCUT2D eigenvalue weighted by atomic mass is 10.0. The van der Waals surface area contributed by atoms with E-state index < -0.39 is 5.97 Å². The zero-order chi connectivity index (χ0) is 19.9. The molecule has 6 heteroatoms. The Balaban J connectivity index is 1.81. The predicted octanol–water partition coefficient (Wildman–Crippen LogP) is 4.38. The summed E-state index contributed by atoms with van der Waals surface area (Å²) < 4.78 is 2.00. The lowest BCUT2D eigenvalue weighted by Crippen LogP contribution is -2.07. The number of nitrogens with zero attached hydrogens (tertiary/aromatic N) is 4. The van der Waals surface area contributed by atoms with Crippen molar-refractivity contribution in [1.82, 2.24) is 19.7 Å². The van der Waals surface area contributed by atoms with Gasteiger partial charge in [0.1, 0.15) is 5.82 Å². The Labute approximate surface area is 165 Å². The summed E-state index contributed by atoms with van der Waals surface area (Å²) in [6.45, 7) is 4.98. The number of aryl methyl sites for hydroxylation is 2. The Hall–Kier alpha value is -3.02. The average Bonchev–Trinajstić information content (AvgIpc) is 3.08. The molecule has 0 spiro atoms. The van der Waals surface area contributed by atoms with Crippen LogP contribution in [0.25, 0.3) is 11.1 Å². The number of hydrogen-bond acceptors (Lipinski definition) is 4. The van der Waals surface area contributed by atoms with E-state index in [1.165, 1.54) is 6.20 Å². The maximum atomic E-state index is 11.4. The molecule has 0 saturated carbocycles.